The Morgan fingerprint density at radius 1 is 1.09 bits per heavy atom. The third-order valence-electron chi connectivity index (χ3n) is 4.87. The van der Waals surface area contributed by atoms with Crippen molar-refractivity contribution in [2.75, 3.05) is 26.2 Å². The molecule has 2 fully saturated rings. The first-order valence-electron chi connectivity index (χ1n) is 8.17. The Morgan fingerprint density at radius 3 is 2.59 bits per heavy atom. The maximum absolute atomic E-state index is 12.8. The molecule has 0 saturated carbocycles. The van der Waals surface area contributed by atoms with E-state index < -0.39 is 0 Å². The first-order chi connectivity index (χ1) is 10.6. The largest absolute Gasteiger partial charge is 0.342 e. The Kier molecular flexibility index (Phi) is 4.45. The lowest BCUT2D eigenvalue weighted by Gasteiger charge is -2.38. The maximum Gasteiger partial charge on any atom is 0.227 e. The highest BCUT2D eigenvalue weighted by atomic mass is 16.2. The molecule has 120 valence electrons. The molecule has 0 unspecified atom stereocenters. The van der Waals surface area contributed by atoms with Gasteiger partial charge in [0, 0.05) is 45.5 Å². The molecule has 6 heteroatoms. The molecule has 3 heterocycles. The Labute approximate surface area is 131 Å². The summed E-state index contributed by atoms with van der Waals surface area (Å²) in [4.78, 5) is 32.2. The molecule has 2 saturated heterocycles. The van der Waals surface area contributed by atoms with Gasteiger partial charge in [-0.05, 0) is 25.7 Å². The SMILES string of the molecule is CC(=O)N1CCC[C@H](C(=O)N2CCC[C@H](n3ccnc3)C2)C1. The van der Waals surface area contributed by atoms with E-state index in [9.17, 15) is 9.59 Å². The van der Waals surface area contributed by atoms with E-state index in [4.69, 9.17) is 0 Å². The monoisotopic (exact) mass is 304 g/mol. The van der Waals surface area contributed by atoms with Crippen LogP contribution in [0.25, 0.3) is 0 Å². The summed E-state index contributed by atoms with van der Waals surface area (Å²) in [5.74, 6) is 0.266. The zero-order valence-electron chi connectivity index (χ0n) is 13.1. The summed E-state index contributed by atoms with van der Waals surface area (Å²) in [7, 11) is 0. The number of imidazole rings is 1. The lowest BCUT2D eigenvalue weighted by Crippen LogP contribution is -2.48. The van der Waals surface area contributed by atoms with Crippen molar-refractivity contribution < 1.29 is 9.59 Å². The molecule has 0 aliphatic carbocycles. The molecule has 6 nitrogen and oxygen atoms in total. The van der Waals surface area contributed by atoms with Crippen LogP contribution in [0.15, 0.2) is 18.7 Å². The van der Waals surface area contributed by atoms with Crippen LogP contribution in [0.1, 0.15) is 38.6 Å². The molecule has 0 aromatic carbocycles. The van der Waals surface area contributed by atoms with E-state index in [0.29, 0.717) is 12.6 Å². The molecule has 2 aliphatic rings. The standard InChI is InChI=1S/C16H24N4O2/c1-13(21)18-7-2-4-14(10-18)16(22)19-8-3-5-15(11-19)20-9-6-17-12-20/h6,9,12,14-15H,2-5,7-8,10-11H2,1H3/t14-,15-/m0/s1. The van der Waals surface area contributed by atoms with Crippen molar-refractivity contribution in [3.8, 4) is 0 Å². The summed E-state index contributed by atoms with van der Waals surface area (Å²) in [6, 6.07) is 0.327. The predicted octanol–water partition coefficient (Wildman–Crippen LogP) is 1.31. The summed E-state index contributed by atoms with van der Waals surface area (Å²) in [6.07, 6.45) is 9.52. The van der Waals surface area contributed by atoms with E-state index in [1.54, 1.807) is 13.1 Å². The fourth-order valence-corrected chi connectivity index (χ4v) is 3.61. The topological polar surface area (TPSA) is 58.4 Å². The summed E-state index contributed by atoms with van der Waals surface area (Å²) in [5, 5.41) is 0. The van der Waals surface area contributed by atoms with Gasteiger partial charge in [-0.25, -0.2) is 4.98 Å². The van der Waals surface area contributed by atoms with Gasteiger partial charge in [0.2, 0.25) is 11.8 Å². The summed E-state index contributed by atoms with van der Waals surface area (Å²) in [5.41, 5.74) is 0. The van der Waals surface area contributed by atoms with Crippen molar-refractivity contribution in [2.24, 2.45) is 5.92 Å². The molecular weight excluding hydrogens is 280 g/mol. The van der Waals surface area contributed by atoms with E-state index in [1.165, 1.54) is 0 Å². The number of likely N-dealkylation sites (tertiary alicyclic amines) is 2. The molecular formula is C16H24N4O2. The molecule has 1 aromatic heterocycles. The van der Waals surface area contributed by atoms with Gasteiger partial charge in [-0.15, -0.1) is 0 Å². The third kappa shape index (κ3) is 3.15. The van der Waals surface area contributed by atoms with Crippen molar-refractivity contribution in [2.45, 2.75) is 38.6 Å². The molecule has 0 spiro atoms. The van der Waals surface area contributed by atoms with Crippen LogP contribution in [0.3, 0.4) is 0 Å². The average molecular weight is 304 g/mol. The van der Waals surface area contributed by atoms with Gasteiger partial charge in [-0.1, -0.05) is 0 Å². The molecule has 2 aliphatic heterocycles. The summed E-state index contributed by atoms with van der Waals surface area (Å²) in [6.45, 7) is 4.55. The Hall–Kier alpha value is -1.85. The average Bonchev–Trinajstić information content (AvgIpc) is 3.09. The van der Waals surface area contributed by atoms with E-state index in [-0.39, 0.29) is 17.7 Å². The van der Waals surface area contributed by atoms with Crippen molar-refractivity contribution >= 4 is 11.8 Å². The first kappa shape index (κ1) is 15.1. The van der Waals surface area contributed by atoms with E-state index in [2.05, 4.69) is 9.55 Å². The Morgan fingerprint density at radius 2 is 1.86 bits per heavy atom. The van der Waals surface area contributed by atoms with Gasteiger partial charge in [0.15, 0.2) is 0 Å². The van der Waals surface area contributed by atoms with Crippen molar-refractivity contribution in [3.63, 3.8) is 0 Å². The molecule has 22 heavy (non-hydrogen) atoms. The first-order valence-corrected chi connectivity index (χ1v) is 8.17. The molecule has 0 radical (unpaired) electrons. The fraction of sp³-hybridized carbons (Fsp3) is 0.688. The van der Waals surface area contributed by atoms with E-state index in [1.807, 2.05) is 22.3 Å². The second-order valence-electron chi connectivity index (χ2n) is 6.39. The molecule has 3 rings (SSSR count). The molecule has 2 amide bonds. The van der Waals surface area contributed by atoms with E-state index >= 15 is 0 Å². The second-order valence-corrected chi connectivity index (χ2v) is 6.39. The summed E-state index contributed by atoms with van der Waals surface area (Å²) < 4.78 is 2.10. The van der Waals surface area contributed by atoms with Crippen molar-refractivity contribution in [1.82, 2.24) is 19.4 Å². The highest BCUT2D eigenvalue weighted by Gasteiger charge is 2.32. The minimum atomic E-state index is -0.0285. The predicted molar refractivity (Wildman–Crippen MR) is 82.1 cm³/mol. The van der Waals surface area contributed by atoms with Crippen LogP contribution in [0.5, 0.6) is 0 Å². The van der Waals surface area contributed by atoms with Crippen LogP contribution in [0.4, 0.5) is 0 Å². The van der Waals surface area contributed by atoms with Gasteiger partial charge in [-0.2, -0.15) is 0 Å². The highest BCUT2D eigenvalue weighted by Crippen LogP contribution is 2.25. The molecule has 0 N–H and O–H groups in total. The van der Waals surface area contributed by atoms with Crippen LogP contribution in [0.2, 0.25) is 0 Å². The zero-order chi connectivity index (χ0) is 15.5. The second kappa shape index (κ2) is 6.50. The van der Waals surface area contributed by atoms with Gasteiger partial charge in [0.1, 0.15) is 0 Å². The number of amides is 2. The molecule has 1 aromatic rings. The molecule has 0 bridgehead atoms. The van der Waals surface area contributed by atoms with Gasteiger partial charge < -0.3 is 14.4 Å². The van der Waals surface area contributed by atoms with Crippen LogP contribution in [0, 0.1) is 5.92 Å². The number of nitrogens with zero attached hydrogens (tertiary/aromatic N) is 4. The van der Waals surface area contributed by atoms with Crippen molar-refractivity contribution in [3.05, 3.63) is 18.7 Å². The smallest absolute Gasteiger partial charge is 0.227 e. The van der Waals surface area contributed by atoms with Crippen LogP contribution >= 0.6 is 0 Å². The lowest BCUT2D eigenvalue weighted by molar-refractivity contribution is -0.141. The number of carbonyl (C=O) groups is 2. The fourth-order valence-electron chi connectivity index (χ4n) is 3.61. The Bertz CT molecular complexity index is 528. The van der Waals surface area contributed by atoms with Gasteiger partial charge in [0.05, 0.1) is 18.3 Å². The quantitative estimate of drug-likeness (QED) is 0.827. The van der Waals surface area contributed by atoms with E-state index in [0.717, 1.165) is 45.3 Å². The third-order valence-corrected chi connectivity index (χ3v) is 4.87. The van der Waals surface area contributed by atoms with Crippen LogP contribution < -0.4 is 0 Å². The summed E-state index contributed by atoms with van der Waals surface area (Å²) >= 11 is 0. The van der Waals surface area contributed by atoms with Gasteiger partial charge in [-0.3, -0.25) is 9.59 Å². The minimum Gasteiger partial charge on any atom is -0.342 e. The maximum atomic E-state index is 12.8. The highest BCUT2D eigenvalue weighted by molar-refractivity contribution is 5.81. The minimum absolute atomic E-state index is 0.0285. The number of hydrogen-bond donors (Lipinski definition) is 0. The lowest BCUT2D eigenvalue weighted by atomic mass is 9.95. The number of hydrogen-bond acceptors (Lipinski definition) is 3. The Balaban J connectivity index is 1.63. The normalized spacial score (nSPS) is 26.0. The van der Waals surface area contributed by atoms with Gasteiger partial charge >= 0.3 is 0 Å². The van der Waals surface area contributed by atoms with Gasteiger partial charge in [0.25, 0.3) is 0 Å². The zero-order valence-corrected chi connectivity index (χ0v) is 13.1. The van der Waals surface area contributed by atoms with Crippen molar-refractivity contribution in [1.29, 1.82) is 0 Å². The molecule has 2 atom stereocenters. The van der Waals surface area contributed by atoms with Crippen LogP contribution in [-0.2, 0) is 9.59 Å². The number of piperidine rings is 2. The number of aromatic nitrogens is 2. The van der Waals surface area contributed by atoms with Crippen LogP contribution in [-0.4, -0.2) is 57.3 Å². The number of rotatable bonds is 2. The number of carbonyl (C=O) groups excluding carboxylic acids is 2.